The number of hydrogen-bond acceptors (Lipinski definition) is 5. The molecule has 0 aromatic heterocycles. The van der Waals surface area contributed by atoms with Gasteiger partial charge in [0.25, 0.3) is 5.91 Å². The zero-order valence-electron chi connectivity index (χ0n) is 13.2. The number of nitrogens with zero attached hydrogens (tertiary/aromatic N) is 3. The molecule has 3 amide bonds. The Morgan fingerprint density at radius 2 is 1.70 bits per heavy atom. The lowest BCUT2D eigenvalue weighted by Crippen LogP contribution is -2.51. The Balaban J connectivity index is 2.36. The quantitative estimate of drug-likeness (QED) is 0.736. The minimum atomic E-state index is -0.983. The molecule has 1 fully saturated rings. The van der Waals surface area contributed by atoms with Crippen LogP contribution in [0.2, 0.25) is 0 Å². The van der Waals surface area contributed by atoms with E-state index in [2.05, 4.69) is 6.07 Å². The third-order valence-corrected chi connectivity index (χ3v) is 4.28. The van der Waals surface area contributed by atoms with Gasteiger partial charge in [-0.05, 0) is 43.6 Å². The number of benzene rings is 1. The van der Waals surface area contributed by atoms with E-state index >= 15 is 0 Å². The standard InChI is InChI=1S/C16H21N5O2/c1-20-14(22)16(6-8-17,7-9-18)21(15(20)23)11-13-4-2-12(10-19)3-5-13/h2-5H,6-9,11,17-18H2,1H3. The van der Waals surface area contributed by atoms with Crippen molar-refractivity contribution >= 4 is 11.9 Å². The number of carbonyl (C=O) groups is 2. The van der Waals surface area contributed by atoms with E-state index in [1.807, 2.05) is 0 Å². The van der Waals surface area contributed by atoms with Crippen LogP contribution in [0, 0.1) is 11.3 Å². The predicted octanol–water partition coefficient (Wildman–Crippen LogP) is 0.389. The largest absolute Gasteiger partial charge is 0.330 e. The van der Waals surface area contributed by atoms with Crippen molar-refractivity contribution < 1.29 is 9.59 Å². The van der Waals surface area contributed by atoms with Crippen molar-refractivity contribution in [2.75, 3.05) is 20.1 Å². The topological polar surface area (TPSA) is 116 Å². The zero-order valence-corrected chi connectivity index (χ0v) is 13.2. The predicted molar refractivity (Wildman–Crippen MR) is 84.9 cm³/mol. The second kappa shape index (κ2) is 6.77. The van der Waals surface area contributed by atoms with Gasteiger partial charge in [0.1, 0.15) is 5.54 Å². The summed E-state index contributed by atoms with van der Waals surface area (Å²) >= 11 is 0. The number of likely N-dealkylation sites (N-methyl/N-ethyl adjacent to an activating group) is 1. The van der Waals surface area contributed by atoms with Crippen molar-refractivity contribution in [2.45, 2.75) is 24.9 Å². The fourth-order valence-electron chi connectivity index (χ4n) is 3.05. The summed E-state index contributed by atoms with van der Waals surface area (Å²) in [6.07, 6.45) is 0.741. The Bertz CT molecular complexity index is 629. The van der Waals surface area contributed by atoms with E-state index in [0.717, 1.165) is 10.5 Å². The van der Waals surface area contributed by atoms with Gasteiger partial charge < -0.3 is 16.4 Å². The Labute approximate surface area is 135 Å². The molecule has 2 rings (SSSR count). The molecule has 4 N–H and O–H groups in total. The van der Waals surface area contributed by atoms with Crippen molar-refractivity contribution in [3.8, 4) is 6.07 Å². The van der Waals surface area contributed by atoms with Gasteiger partial charge in [-0.3, -0.25) is 9.69 Å². The number of nitrogens with two attached hydrogens (primary N) is 2. The highest BCUT2D eigenvalue weighted by Gasteiger charge is 2.54. The molecule has 1 saturated heterocycles. The first-order valence-electron chi connectivity index (χ1n) is 7.49. The normalized spacial score (nSPS) is 16.8. The number of imide groups is 1. The molecule has 1 aromatic carbocycles. The highest BCUT2D eigenvalue weighted by Crippen LogP contribution is 2.34. The van der Waals surface area contributed by atoms with Crippen molar-refractivity contribution in [1.29, 1.82) is 5.26 Å². The monoisotopic (exact) mass is 315 g/mol. The molecule has 122 valence electrons. The minimum absolute atomic E-state index is 0.257. The molecule has 1 heterocycles. The number of urea groups is 1. The molecule has 1 aliphatic rings. The van der Waals surface area contributed by atoms with E-state index in [4.69, 9.17) is 16.7 Å². The second-order valence-corrected chi connectivity index (χ2v) is 5.65. The maximum absolute atomic E-state index is 12.6. The first-order valence-corrected chi connectivity index (χ1v) is 7.49. The van der Waals surface area contributed by atoms with Crippen molar-refractivity contribution in [2.24, 2.45) is 11.5 Å². The van der Waals surface area contributed by atoms with Crippen LogP contribution in [0.25, 0.3) is 0 Å². The number of hydrogen-bond donors (Lipinski definition) is 2. The smallest absolute Gasteiger partial charge is 0.327 e. The molecule has 0 aliphatic carbocycles. The summed E-state index contributed by atoms with van der Waals surface area (Å²) in [5.74, 6) is -0.257. The Hall–Kier alpha value is -2.43. The van der Waals surface area contributed by atoms with Gasteiger partial charge in [-0.25, -0.2) is 4.79 Å². The first-order chi connectivity index (χ1) is 11.0. The molecule has 0 spiro atoms. The van der Waals surface area contributed by atoms with E-state index in [-0.39, 0.29) is 31.6 Å². The second-order valence-electron chi connectivity index (χ2n) is 5.65. The van der Waals surface area contributed by atoms with Crippen LogP contribution in [-0.4, -0.2) is 47.4 Å². The summed E-state index contributed by atoms with van der Waals surface area (Å²) in [5, 5.41) is 8.85. The lowest BCUT2D eigenvalue weighted by atomic mass is 9.89. The van der Waals surface area contributed by atoms with Crippen LogP contribution in [-0.2, 0) is 11.3 Å². The molecular weight excluding hydrogens is 294 g/mol. The maximum atomic E-state index is 12.6. The molecule has 0 radical (unpaired) electrons. The van der Waals surface area contributed by atoms with Gasteiger partial charge in [-0.15, -0.1) is 0 Å². The van der Waals surface area contributed by atoms with Gasteiger partial charge in [0.15, 0.2) is 0 Å². The van der Waals surface area contributed by atoms with Crippen LogP contribution >= 0.6 is 0 Å². The van der Waals surface area contributed by atoms with Crippen LogP contribution in [0.4, 0.5) is 4.79 Å². The van der Waals surface area contributed by atoms with Gasteiger partial charge in [-0.2, -0.15) is 5.26 Å². The molecule has 0 bridgehead atoms. The van der Waals surface area contributed by atoms with Crippen LogP contribution in [0.5, 0.6) is 0 Å². The molecular formula is C16H21N5O2. The zero-order chi connectivity index (χ0) is 17.0. The van der Waals surface area contributed by atoms with Gasteiger partial charge >= 0.3 is 6.03 Å². The number of carbonyl (C=O) groups excluding carboxylic acids is 2. The Morgan fingerprint density at radius 3 is 2.17 bits per heavy atom. The molecule has 0 atom stereocenters. The minimum Gasteiger partial charge on any atom is -0.330 e. The SMILES string of the molecule is CN1C(=O)N(Cc2ccc(C#N)cc2)C(CCN)(CCN)C1=O. The molecule has 23 heavy (non-hydrogen) atoms. The first kappa shape index (κ1) is 16.9. The van der Waals surface area contributed by atoms with E-state index in [1.165, 1.54) is 7.05 Å². The van der Waals surface area contributed by atoms with Crippen molar-refractivity contribution in [3.05, 3.63) is 35.4 Å². The van der Waals surface area contributed by atoms with Crippen LogP contribution in [0.3, 0.4) is 0 Å². The van der Waals surface area contributed by atoms with Gasteiger partial charge in [0.05, 0.1) is 11.6 Å². The summed E-state index contributed by atoms with van der Waals surface area (Å²) in [6, 6.07) is 8.65. The number of rotatable bonds is 6. The summed E-state index contributed by atoms with van der Waals surface area (Å²) in [4.78, 5) is 27.8. The van der Waals surface area contributed by atoms with Crippen LogP contribution in [0.15, 0.2) is 24.3 Å². The Kier molecular flexibility index (Phi) is 4.98. The lowest BCUT2D eigenvalue weighted by molar-refractivity contribution is -0.133. The average molecular weight is 315 g/mol. The van der Waals surface area contributed by atoms with Crippen LogP contribution < -0.4 is 11.5 Å². The highest BCUT2D eigenvalue weighted by atomic mass is 16.2. The van der Waals surface area contributed by atoms with E-state index in [1.54, 1.807) is 29.2 Å². The number of nitriles is 1. The maximum Gasteiger partial charge on any atom is 0.327 e. The summed E-state index contributed by atoms with van der Waals surface area (Å²) < 4.78 is 0. The van der Waals surface area contributed by atoms with Gasteiger partial charge in [0, 0.05) is 13.6 Å². The number of amides is 3. The van der Waals surface area contributed by atoms with Crippen molar-refractivity contribution in [3.63, 3.8) is 0 Å². The highest BCUT2D eigenvalue weighted by molar-refractivity contribution is 6.06. The fraction of sp³-hybridized carbons (Fsp3) is 0.438. The summed E-state index contributed by atoms with van der Waals surface area (Å²) in [7, 11) is 1.48. The average Bonchev–Trinajstić information content (AvgIpc) is 2.72. The van der Waals surface area contributed by atoms with E-state index in [9.17, 15) is 9.59 Å². The third-order valence-electron chi connectivity index (χ3n) is 4.28. The molecule has 1 aromatic rings. The Morgan fingerprint density at radius 1 is 1.13 bits per heavy atom. The van der Waals surface area contributed by atoms with Crippen LogP contribution in [0.1, 0.15) is 24.0 Å². The molecule has 0 unspecified atom stereocenters. The molecule has 7 nitrogen and oxygen atoms in total. The lowest BCUT2D eigenvalue weighted by Gasteiger charge is -2.35. The van der Waals surface area contributed by atoms with Crippen molar-refractivity contribution in [1.82, 2.24) is 9.80 Å². The third kappa shape index (κ3) is 2.91. The summed E-state index contributed by atoms with van der Waals surface area (Å²) in [6.45, 7) is 0.855. The molecule has 0 saturated carbocycles. The van der Waals surface area contributed by atoms with Gasteiger partial charge in [0.2, 0.25) is 0 Å². The summed E-state index contributed by atoms with van der Waals surface area (Å²) in [5.41, 5.74) is 11.8. The fourth-order valence-corrected chi connectivity index (χ4v) is 3.05. The molecule has 7 heteroatoms. The van der Waals surface area contributed by atoms with E-state index < -0.39 is 5.54 Å². The van der Waals surface area contributed by atoms with E-state index in [0.29, 0.717) is 18.4 Å². The molecule has 1 aliphatic heterocycles. The van der Waals surface area contributed by atoms with Gasteiger partial charge in [-0.1, -0.05) is 12.1 Å².